The predicted octanol–water partition coefficient (Wildman–Crippen LogP) is 2.75. The molecule has 5 nitrogen and oxygen atoms in total. The van der Waals surface area contributed by atoms with Gasteiger partial charge in [0.2, 0.25) is 0 Å². The molecule has 1 saturated heterocycles. The van der Waals surface area contributed by atoms with Crippen LogP contribution < -0.4 is 10.6 Å². The predicted molar refractivity (Wildman–Crippen MR) is 79.5 cm³/mol. The van der Waals surface area contributed by atoms with E-state index in [9.17, 15) is 14.3 Å². The Bertz CT molecular complexity index is 529. The van der Waals surface area contributed by atoms with Gasteiger partial charge in [-0.25, -0.2) is 9.18 Å². The summed E-state index contributed by atoms with van der Waals surface area (Å²) in [6.45, 7) is 4.65. The highest BCUT2D eigenvalue weighted by Gasteiger charge is 2.33. The molecule has 1 aliphatic rings. The number of nitrogen functional groups attached to an aromatic ring is 1. The van der Waals surface area contributed by atoms with Crippen LogP contribution >= 0.6 is 15.9 Å². The van der Waals surface area contributed by atoms with Crippen LogP contribution in [0.15, 0.2) is 16.6 Å². The van der Waals surface area contributed by atoms with E-state index in [1.54, 1.807) is 0 Å². The third kappa shape index (κ3) is 2.67. The van der Waals surface area contributed by atoms with E-state index in [2.05, 4.69) is 15.9 Å². The van der Waals surface area contributed by atoms with Crippen molar-refractivity contribution in [1.82, 2.24) is 4.90 Å². The summed E-state index contributed by atoms with van der Waals surface area (Å²) < 4.78 is 14.0. The number of amides is 1. The molecule has 0 aromatic heterocycles. The summed E-state index contributed by atoms with van der Waals surface area (Å²) >= 11 is 3.10. The van der Waals surface area contributed by atoms with Crippen molar-refractivity contribution in [2.45, 2.75) is 25.9 Å². The van der Waals surface area contributed by atoms with Crippen LogP contribution in [-0.4, -0.2) is 41.3 Å². The highest BCUT2D eigenvalue weighted by atomic mass is 79.9. The third-order valence-electron chi connectivity index (χ3n) is 3.55. The fraction of sp³-hybridized carbons (Fsp3) is 0.462. The molecule has 110 valence electrons. The standard InChI is InChI=1S/C13H17BrFN3O2/c1-7-5-17(6-8(2)18(7)13(19)20)12-4-10(15)9(14)3-11(12)16/h3-4,7-8H,5-6,16H2,1-2H3,(H,19,20)/t7-,8+. The van der Waals surface area contributed by atoms with Crippen molar-refractivity contribution in [3.63, 3.8) is 0 Å². The van der Waals surface area contributed by atoms with Gasteiger partial charge in [-0.1, -0.05) is 0 Å². The Hall–Kier alpha value is -1.50. The van der Waals surface area contributed by atoms with Crippen molar-refractivity contribution in [2.75, 3.05) is 23.7 Å². The second-order valence-electron chi connectivity index (χ2n) is 5.12. The van der Waals surface area contributed by atoms with Gasteiger partial charge >= 0.3 is 6.09 Å². The zero-order chi connectivity index (χ0) is 15.0. The first-order chi connectivity index (χ1) is 9.31. The first-order valence-electron chi connectivity index (χ1n) is 6.32. The number of hydrogen-bond acceptors (Lipinski definition) is 3. The van der Waals surface area contributed by atoms with Crippen LogP contribution in [0.2, 0.25) is 0 Å². The van der Waals surface area contributed by atoms with E-state index in [1.165, 1.54) is 17.0 Å². The van der Waals surface area contributed by atoms with Gasteiger partial charge in [-0.15, -0.1) is 0 Å². The molecule has 0 aliphatic carbocycles. The van der Waals surface area contributed by atoms with Gasteiger partial charge in [0.1, 0.15) is 5.82 Å². The Morgan fingerprint density at radius 2 is 1.95 bits per heavy atom. The Morgan fingerprint density at radius 3 is 2.45 bits per heavy atom. The molecule has 1 heterocycles. The van der Waals surface area contributed by atoms with Crippen LogP contribution in [-0.2, 0) is 0 Å². The lowest BCUT2D eigenvalue weighted by Gasteiger charge is -2.44. The van der Waals surface area contributed by atoms with Gasteiger partial charge in [-0.2, -0.15) is 0 Å². The van der Waals surface area contributed by atoms with E-state index in [0.717, 1.165) is 0 Å². The van der Waals surface area contributed by atoms with Crippen LogP contribution in [0.5, 0.6) is 0 Å². The molecule has 1 fully saturated rings. The molecular formula is C13H17BrFN3O2. The number of halogens is 2. The second kappa shape index (κ2) is 5.47. The van der Waals surface area contributed by atoms with Gasteiger partial charge in [-0.3, -0.25) is 4.90 Å². The number of benzene rings is 1. The van der Waals surface area contributed by atoms with Gasteiger partial charge in [0.15, 0.2) is 0 Å². The summed E-state index contributed by atoms with van der Waals surface area (Å²) in [7, 11) is 0. The van der Waals surface area contributed by atoms with Crippen LogP contribution in [0.4, 0.5) is 20.6 Å². The molecule has 0 unspecified atom stereocenters. The summed E-state index contributed by atoms with van der Waals surface area (Å²) in [6, 6.07) is 2.56. The zero-order valence-electron chi connectivity index (χ0n) is 11.3. The molecule has 1 aromatic carbocycles. The lowest BCUT2D eigenvalue weighted by Crippen LogP contribution is -2.58. The molecule has 3 N–H and O–H groups in total. The zero-order valence-corrected chi connectivity index (χ0v) is 12.9. The molecule has 0 saturated carbocycles. The summed E-state index contributed by atoms with van der Waals surface area (Å²) in [6.07, 6.45) is -0.931. The Morgan fingerprint density at radius 1 is 1.40 bits per heavy atom. The molecule has 1 aromatic rings. The molecular weight excluding hydrogens is 329 g/mol. The lowest BCUT2D eigenvalue weighted by atomic mass is 10.1. The van der Waals surface area contributed by atoms with Crippen LogP contribution in [0.3, 0.4) is 0 Å². The maximum absolute atomic E-state index is 13.7. The molecule has 2 rings (SSSR count). The second-order valence-corrected chi connectivity index (χ2v) is 5.97. The summed E-state index contributed by atoms with van der Waals surface area (Å²) in [5.74, 6) is -0.379. The van der Waals surface area contributed by atoms with E-state index in [1.807, 2.05) is 18.7 Å². The number of anilines is 2. The van der Waals surface area contributed by atoms with Crippen molar-refractivity contribution in [2.24, 2.45) is 0 Å². The number of piperazine rings is 1. The molecule has 0 spiro atoms. The summed E-state index contributed by atoms with van der Waals surface area (Å²) in [5.41, 5.74) is 7.02. The highest BCUT2D eigenvalue weighted by Crippen LogP contribution is 2.31. The van der Waals surface area contributed by atoms with E-state index < -0.39 is 6.09 Å². The largest absolute Gasteiger partial charge is 0.465 e. The van der Waals surface area contributed by atoms with Crippen molar-refractivity contribution in [1.29, 1.82) is 0 Å². The minimum atomic E-state index is -0.931. The van der Waals surface area contributed by atoms with Gasteiger partial charge in [-0.05, 0) is 35.8 Å². The monoisotopic (exact) mass is 345 g/mol. The fourth-order valence-electron chi connectivity index (χ4n) is 2.72. The molecule has 2 atom stereocenters. The molecule has 0 bridgehead atoms. The molecule has 1 amide bonds. The van der Waals surface area contributed by atoms with Crippen molar-refractivity contribution >= 4 is 33.4 Å². The van der Waals surface area contributed by atoms with Crippen LogP contribution in [0, 0.1) is 5.82 Å². The Labute approximate surface area is 125 Å². The van der Waals surface area contributed by atoms with Crippen LogP contribution in [0.1, 0.15) is 13.8 Å². The van der Waals surface area contributed by atoms with Gasteiger partial charge in [0.05, 0.1) is 27.9 Å². The minimum Gasteiger partial charge on any atom is -0.465 e. The lowest BCUT2D eigenvalue weighted by molar-refractivity contribution is 0.0983. The Balaban J connectivity index is 2.28. The van der Waals surface area contributed by atoms with Crippen molar-refractivity contribution in [3.05, 3.63) is 22.4 Å². The number of rotatable bonds is 1. The average molecular weight is 346 g/mol. The van der Waals surface area contributed by atoms with E-state index >= 15 is 0 Å². The number of nitrogens with zero attached hydrogens (tertiary/aromatic N) is 2. The summed E-state index contributed by atoms with van der Waals surface area (Å²) in [4.78, 5) is 14.5. The summed E-state index contributed by atoms with van der Waals surface area (Å²) in [5, 5.41) is 9.19. The maximum Gasteiger partial charge on any atom is 0.407 e. The number of carbonyl (C=O) groups is 1. The SMILES string of the molecule is C[C@@H]1CN(c2cc(F)c(Br)cc2N)C[C@H](C)N1C(=O)O. The molecule has 1 aliphatic heterocycles. The minimum absolute atomic E-state index is 0.178. The fourth-order valence-corrected chi connectivity index (χ4v) is 3.08. The van der Waals surface area contributed by atoms with Crippen molar-refractivity contribution < 1.29 is 14.3 Å². The van der Waals surface area contributed by atoms with E-state index in [-0.39, 0.29) is 17.9 Å². The third-order valence-corrected chi connectivity index (χ3v) is 4.16. The Kier molecular flexibility index (Phi) is 4.08. The highest BCUT2D eigenvalue weighted by molar-refractivity contribution is 9.10. The number of hydrogen-bond donors (Lipinski definition) is 2. The number of carboxylic acid groups (broad SMARTS) is 1. The average Bonchev–Trinajstić information content (AvgIpc) is 2.32. The molecule has 7 heteroatoms. The van der Waals surface area contributed by atoms with Crippen LogP contribution in [0.25, 0.3) is 0 Å². The van der Waals surface area contributed by atoms with E-state index in [4.69, 9.17) is 5.73 Å². The maximum atomic E-state index is 13.7. The molecule has 20 heavy (non-hydrogen) atoms. The normalized spacial score (nSPS) is 23.0. The van der Waals surface area contributed by atoms with Crippen molar-refractivity contribution in [3.8, 4) is 0 Å². The van der Waals surface area contributed by atoms with E-state index in [0.29, 0.717) is 28.9 Å². The smallest absolute Gasteiger partial charge is 0.407 e. The number of nitrogens with two attached hydrogens (primary N) is 1. The van der Waals surface area contributed by atoms with Gasteiger partial charge < -0.3 is 15.7 Å². The quantitative estimate of drug-likeness (QED) is 0.768. The van der Waals surface area contributed by atoms with Gasteiger partial charge in [0, 0.05) is 19.2 Å². The van der Waals surface area contributed by atoms with Gasteiger partial charge in [0.25, 0.3) is 0 Å². The first kappa shape index (κ1) is 14.9. The first-order valence-corrected chi connectivity index (χ1v) is 7.11. The topological polar surface area (TPSA) is 69.8 Å². The molecule has 0 radical (unpaired) electrons.